The lowest BCUT2D eigenvalue weighted by atomic mass is 10.0. The lowest BCUT2D eigenvalue weighted by Crippen LogP contribution is -2.22. The van der Waals surface area contributed by atoms with E-state index in [-0.39, 0.29) is 0 Å². The first-order chi connectivity index (χ1) is 9.77. The number of benzene rings is 1. The Morgan fingerprint density at radius 1 is 1.05 bits per heavy atom. The predicted molar refractivity (Wildman–Crippen MR) is 84.1 cm³/mol. The molecule has 0 saturated carbocycles. The minimum Gasteiger partial charge on any atom is -0.382 e. The molecule has 0 amide bonds. The standard InChI is InChI=1S/C17H29NO2/c1-4-17(16-9-7-15(2)8-10-16)18-11-5-6-12-20-14-13-19-3/h7-10,17-18H,4-6,11-14H2,1-3H3. The number of methoxy groups -OCH3 is 1. The van der Waals surface area contributed by atoms with Crippen molar-refractivity contribution in [3.05, 3.63) is 35.4 Å². The highest BCUT2D eigenvalue weighted by molar-refractivity contribution is 5.23. The molecule has 0 fully saturated rings. The molecule has 0 radical (unpaired) electrons. The highest BCUT2D eigenvalue weighted by Crippen LogP contribution is 2.16. The molecule has 0 spiro atoms. The molecule has 0 heterocycles. The summed E-state index contributed by atoms with van der Waals surface area (Å²) in [7, 11) is 1.70. The Bertz CT molecular complexity index is 337. The van der Waals surface area contributed by atoms with E-state index in [1.165, 1.54) is 11.1 Å². The Morgan fingerprint density at radius 3 is 2.45 bits per heavy atom. The van der Waals surface area contributed by atoms with E-state index in [9.17, 15) is 0 Å². The zero-order valence-electron chi connectivity index (χ0n) is 13.2. The zero-order valence-corrected chi connectivity index (χ0v) is 13.2. The maximum Gasteiger partial charge on any atom is 0.0700 e. The van der Waals surface area contributed by atoms with Crippen LogP contribution in [0, 0.1) is 6.92 Å². The maximum absolute atomic E-state index is 5.45. The lowest BCUT2D eigenvalue weighted by Gasteiger charge is -2.17. The molecule has 1 aromatic rings. The van der Waals surface area contributed by atoms with Crippen molar-refractivity contribution in [1.82, 2.24) is 5.32 Å². The fraction of sp³-hybridized carbons (Fsp3) is 0.647. The fourth-order valence-electron chi connectivity index (χ4n) is 2.15. The number of rotatable bonds is 11. The van der Waals surface area contributed by atoms with Gasteiger partial charge < -0.3 is 14.8 Å². The summed E-state index contributed by atoms with van der Waals surface area (Å²) in [6.07, 6.45) is 3.36. The van der Waals surface area contributed by atoms with Crippen LogP contribution in [0.25, 0.3) is 0 Å². The molecule has 1 unspecified atom stereocenters. The van der Waals surface area contributed by atoms with Gasteiger partial charge >= 0.3 is 0 Å². The molecule has 20 heavy (non-hydrogen) atoms. The Morgan fingerprint density at radius 2 is 1.80 bits per heavy atom. The molecule has 1 N–H and O–H groups in total. The van der Waals surface area contributed by atoms with Crippen molar-refractivity contribution in [3.63, 3.8) is 0 Å². The van der Waals surface area contributed by atoms with E-state index < -0.39 is 0 Å². The molecule has 3 nitrogen and oxygen atoms in total. The normalized spacial score (nSPS) is 12.6. The van der Waals surface area contributed by atoms with Gasteiger partial charge in [-0.1, -0.05) is 36.8 Å². The molecule has 1 atom stereocenters. The van der Waals surface area contributed by atoms with E-state index in [1.807, 2.05) is 0 Å². The summed E-state index contributed by atoms with van der Waals surface area (Å²) < 4.78 is 10.4. The molecule has 0 aliphatic heterocycles. The van der Waals surface area contributed by atoms with Crippen LogP contribution in [-0.4, -0.2) is 33.5 Å². The molecule has 0 saturated heterocycles. The first-order valence-electron chi connectivity index (χ1n) is 7.64. The summed E-state index contributed by atoms with van der Waals surface area (Å²) in [6.45, 7) is 7.61. The summed E-state index contributed by atoms with van der Waals surface area (Å²) >= 11 is 0. The van der Waals surface area contributed by atoms with Crippen molar-refractivity contribution < 1.29 is 9.47 Å². The molecule has 1 rings (SSSR count). The first kappa shape index (κ1) is 17.2. The summed E-state index contributed by atoms with van der Waals surface area (Å²) in [5.74, 6) is 0. The van der Waals surface area contributed by atoms with Crippen molar-refractivity contribution in [2.45, 2.75) is 39.2 Å². The smallest absolute Gasteiger partial charge is 0.0700 e. The van der Waals surface area contributed by atoms with Crippen molar-refractivity contribution in [2.75, 3.05) is 33.5 Å². The van der Waals surface area contributed by atoms with Crippen molar-refractivity contribution in [2.24, 2.45) is 0 Å². The SMILES string of the molecule is CCC(NCCCCOCCOC)c1ccc(C)cc1. The number of unbranched alkanes of at least 4 members (excludes halogenated alkanes) is 1. The van der Waals surface area contributed by atoms with Crippen LogP contribution < -0.4 is 5.32 Å². The third-order valence-electron chi connectivity index (χ3n) is 3.43. The van der Waals surface area contributed by atoms with E-state index in [4.69, 9.17) is 9.47 Å². The molecule has 3 heteroatoms. The van der Waals surface area contributed by atoms with Crippen LogP contribution in [0.15, 0.2) is 24.3 Å². The first-order valence-corrected chi connectivity index (χ1v) is 7.64. The van der Waals surface area contributed by atoms with Gasteiger partial charge in [-0.15, -0.1) is 0 Å². The van der Waals surface area contributed by atoms with Gasteiger partial charge in [0.15, 0.2) is 0 Å². The molecule has 114 valence electrons. The lowest BCUT2D eigenvalue weighted by molar-refractivity contribution is 0.0687. The number of hydrogen-bond acceptors (Lipinski definition) is 3. The van der Waals surface area contributed by atoms with Crippen LogP contribution >= 0.6 is 0 Å². The van der Waals surface area contributed by atoms with Crippen molar-refractivity contribution in [3.8, 4) is 0 Å². The molecular formula is C17H29NO2. The molecule has 0 aliphatic carbocycles. The van der Waals surface area contributed by atoms with E-state index in [0.29, 0.717) is 19.3 Å². The van der Waals surface area contributed by atoms with Gasteiger partial charge in [0.1, 0.15) is 0 Å². The minimum absolute atomic E-state index is 0.463. The topological polar surface area (TPSA) is 30.5 Å². The Hall–Kier alpha value is -0.900. The summed E-state index contributed by atoms with van der Waals surface area (Å²) in [5.41, 5.74) is 2.70. The third-order valence-corrected chi connectivity index (χ3v) is 3.43. The molecule has 0 aliphatic rings. The van der Waals surface area contributed by atoms with Crippen LogP contribution in [0.2, 0.25) is 0 Å². The van der Waals surface area contributed by atoms with Crippen LogP contribution in [0.3, 0.4) is 0 Å². The second-order valence-electron chi connectivity index (χ2n) is 5.14. The van der Waals surface area contributed by atoms with Crippen molar-refractivity contribution >= 4 is 0 Å². The van der Waals surface area contributed by atoms with Gasteiger partial charge in [-0.2, -0.15) is 0 Å². The van der Waals surface area contributed by atoms with E-state index in [0.717, 1.165) is 32.4 Å². The van der Waals surface area contributed by atoms with E-state index >= 15 is 0 Å². The van der Waals surface area contributed by atoms with Gasteiger partial charge in [0, 0.05) is 19.8 Å². The number of nitrogens with one attached hydrogen (secondary N) is 1. The fourth-order valence-corrected chi connectivity index (χ4v) is 2.15. The van der Waals surface area contributed by atoms with Gasteiger partial charge in [0.2, 0.25) is 0 Å². The highest BCUT2D eigenvalue weighted by atomic mass is 16.5. The predicted octanol–water partition coefficient (Wildman–Crippen LogP) is 3.48. The highest BCUT2D eigenvalue weighted by Gasteiger charge is 2.07. The quantitative estimate of drug-likeness (QED) is 0.629. The van der Waals surface area contributed by atoms with Crippen LogP contribution in [0.5, 0.6) is 0 Å². The second-order valence-corrected chi connectivity index (χ2v) is 5.14. The number of hydrogen-bond donors (Lipinski definition) is 1. The van der Waals surface area contributed by atoms with Gasteiger partial charge in [0.05, 0.1) is 13.2 Å². The average molecular weight is 279 g/mol. The van der Waals surface area contributed by atoms with Crippen LogP contribution in [0.1, 0.15) is 43.4 Å². The largest absolute Gasteiger partial charge is 0.382 e. The molecule has 0 aromatic heterocycles. The molecule has 1 aromatic carbocycles. The van der Waals surface area contributed by atoms with Crippen LogP contribution in [0.4, 0.5) is 0 Å². The second kappa shape index (κ2) is 10.8. The summed E-state index contributed by atoms with van der Waals surface area (Å²) in [4.78, 5) is 0. The van der Waals surface area contributed by atoms with Crippen molar-refractivity contribution in [1.29, 1.82) is 0 Å². The third kappa shape index (κ3) is 7.04. The average Bonchev–Trinajstić information content (AvgIpc) is 2.47. The number of aryl methyl sites for hydroxylation is 1. The summed E-state index contributed by atoms with van der Waals surface area (Å²) in [5, 5.41) is 3.63. The van der Waals surface area contributed by atoms with Gasteiger partial charge in [-0.3, -0.25) is 0 Å². The van der Waals surface area contributed by atoms with E-state index in [1.54, 1.807) is 7.11 Å². The maximum atomic E-state index is 5.45. The van der Waals surface area contributed by atoms with Gasteiger partial charge in [-0.05, 0) is 38.3 Å². The monoisotopic (exact) mass is 279 g/mol. The molecular weight excluding hydrogens is 250 g/mol. The number of ether oxygens (including phenoxy) is 2. The Balaban J connectivity index is 2.14. The zero-order chi connectivity index (χ0) is 14.6. The van der Waals surface area contributed by atoms with Gasteiger partial charge in [0.25, 0.3) is 0 Å². The minimum atomic E-state index is 0.463. The van der Waals surface area contributed by atoms with Gasteiger partial charge in [-0.25, -0.2) is 0 Å². The molecule has 0 bridgehead atoms. The van der Waals surface area contributed by atoms with Crippen LogP contribution in [-0.2, 0) is 9.47 Å². The summed E-state index contributed by atoms with van der Waals surface area (Å²) in [6, 6.07) is 9.28. The Kier molecular flexibility index (Phi) is 9.29. The van der Waals surface area contributed by atoms with E-state index in [2.05, 4.69) is 43.4 Å². The Labute approximate surface area is 123 Å².